The number of rotatable bonds is 12. The number of esters is 2. The maximum Gasteiger partial charge on any atom is 0.491 e. The first kappa shape index (κ1) is 31.7. The average Bonchev–Trinajstić information content (AvgIpc) is 2.83. The van der Waals surface area contributed by atoms with Crippen molar-refractivity contribution in [2.75, 3.05) is 13.2 Å². The van der Waals surface area contributed by atoms with Crippen molar-refractivity contribution < 1.29 is 54.3 Å². The summed E-state index contributed by atoms with van der Waals surface area (Å²) in [7, 11) is -5.04. The number of oxime groups is 1. The molecule has 2 aromatic rings. The first-order valence-corrected chi connectivity index (χ1v) is 12.8. The predicted octanol–water partition coefficient (Wildman–Crippen LogP) is 2.22. The average molecular weight is 647 g/mol. The molecule has 18 heteroatoms. The summed E-state index contributed by atoms with van der Waals surface area (Å²) in [6, 6.07) is 4.11. The Kier molecular flexibility index (Phi) is 11.0. The van der Waals surface area contributed by atoms with Crippen LogP contribution in [0.15, 0.2) is 50.9 Å². The molecule has 0 spiro atoms. The van der Waals surface area contributed by atoms with E-state index in [1.807, 2.05) is 0 Å². The molecule has 0 aliphatic heterocycles. The summed E-state index contributed by atoms with van der Waals surface area (Å²) in [5.74, 6) is -7.38. The van der Waals surface area contributed by atoms with Gasteiger partial charge in [0.1, 0.15) is 34.9 Å². The van der Waals surface area contributed by atoms with Gasteiger partial charge >= 0.3 is 18.1 Å². The number of ether oxygens (including phenoxy) is 2. The van der Waals surface area contributed by atoms with Gasteiger partial charge in [0.15, 0.2) is 0 Å². The molecule has 0 heterocycles. The summed E-state index contributed by atoms with van der Waals surface area (Å²) >= 11 is 2.67. The molecule has 0 aliphatic rings. The molecule has 0 amide bonds. The summed E-state index contributed by atoms with van der Waals surface area (Å²) in [4.78, 5) is 27.0. The van der Waals surface area contributed by atoms with Crippen molar-refractivity contribution in [1.82, 2.24) is 4.72 Å². The lowest BCUT2D eigenvalue weighted by Crippen LogP contribution is -2.45. The van der Waals surface area contributed by atoms with E-state index in [1.54, 1.807) is 4.72 Å². The Balaban J connectivity index is 2.20. The zero-order chi connectivity index (χ0) is 29.4. The van der Waals surface area contributed by atoms with Crippen LogP contribution >= 0.6 is 15.9 Å². The highest BCUT2D eigenvalue weighted by Gasteiger charge is 2.44. The van der Waals surface area contributed by atoms with E-state index in [1.165, 1.54) is 24.3 Å². The Bertz CT molecular complexity index is 1320. The second-order valence-electron chi connectivity index (χ2n) is 7.48. The SMILES string of the molecule is NC(N)=NOCCCOc1ccc(C[C@H](NS(=O)(=O)c2cc(F)c(Br)cc2F)C(=O)OC(=O)C(F)(F)F)cc1. The Morgan fingerprint density at radius 1 is 1.05 bits per heavy atom. The highest BCUT2D eigenvalue weighted by atomic mass is 79.9. The van der Waals surface area contributed by atoms with Gasteiger partial charge in [-0.3, -0.25) is 0 Å². The van der Waals surface area contributed by atoms with Gasteiger partial charge < -0.3 is 25.8 Å². The van der Waals surface area contributed by atoms with Gasteiger partial charge in [0.05, 0.1) is 11.1 Å². The molecule has 5 N–H and O–H groups in total. The van der Waals surface area contributed by atoms with E-state index in [0.29, 0.717) is 24.3 Å². The molecule has 0 aliphatic carbocycles. The number of nitrogens with two attached hydrogens (primary N) is 2. The molecule has 0 bridgehead atoms. The Morgan fingerprint density at radius 2 is 1.69 bits per heavy atom. The van der Waals surface area contributed by atoms with E-state index >= 15 is 0 Å². The molecule has 2 aromatic carbocycles. The molecule has 0 saturated carbocycles. The fraction of sp³-hybridized carbons (Fsp3) is 0.286. The summed E-state index contributed by atoms with van der Waals surface area (Å²) in [6.07, 6.45) is -5.82. The summed E-state index contributed by atoms with van der Waals surface area (Å²) in [6.45, 7) is 0.308. The molecule has 0 aromatic heterocycles. The monoisotopic (exact) mass is 646 g/mol. The van der Waals surface area contributed by atoms with Crippen LogP contribution in [-0.2, 0) is 35.6 Å². The van der Waals surface area contributed by atoms with Crippen molar-refractivity contribution in [2.24, 2.45) is 16.6 Å². The number of nitrogens with one attached hydrogen (secondary N) is 1. The van der Waals surface area contributed by atoms with Crippen LogP contribution in [0, 0.1) is 11.6 Å². The minimum absolute atomic E-state index is 0.138. The quantitative estimate of drug-likeness (QED) is 0.0457. The van der Waals surface area contributed by atoms with Gasteiger partial charge in [-0.15, -0.1) is 0 Å². The molecular formula is C21H20BrF5N4O7S. The fourth-order valence-corrected chi connectivity index (χ4v) is 4.32. The molecule has 0 fully saturated rings. The number of benzene rings is 2. The third kappa shape index (κ3) is 9.95. The van der Waals surface area contributed by atoms with Crippen molar-refractivity contribution in [3.63, 3.8) is 0 Å². The minimum Gasteiger partial charge on any atom is -0.493 e. The van der Waals surface area contributed by atoms with E-state index < -0.39 is 61.6 Å². The zero-order valence-corrected chi connectivity index (χ0v) is 21.9. The van der Waals surface area contributed by atoms with Crippen molar-refractivity contribution in [3.05, 3.63) is 58.1 Å². The maximum atomic E-state index is 14.2. The molecule has 2 rings (SSSR count). The van der Waals surface area contributed by atoms with Crippen LogP contribution in [0.3, 0.4) is 0 Å². The zero-order valence-electron chi connectivity index (χ0n) is 19.5. The standard InChI is InChI=1S/C21H20BrF5N4O7S/c22-13-9-15(24)17(10-14(13)23)39(34,35)31-16(18(32)38-19(33)21(25,26)27)8-11-2-4-12(5-3-11)36-6-1-7-37-30-20(28)29/h2-5,9-10,16,31H,1,6-8H2,(H4,28,29,30)/t16-/m0/s1. The first-order chi connectivity index (χ1) is 18.1. The number of alkyl halides is 3. The topological polar surface area (TPSA) is 172 Å². The number of carbonyl (C=O) groups is 2. The maximum absolute atomic E-state index is 14.2. The van der Waals surface area contributed by atoms with Gasteiger partial charge in [-0.05, 0) is 57.3 Å². The lowest BCUT2D eigenvalue weighted by atomic mass is 10.1. The minimum atomic E-state index is -5.56. The third-order valence-electron chi connectivity index (χ3n) is 4.45. The van der Waals surface area contributed by atoms with Crippen molar-refractivity contribution in [2.45, 2.75) is 30.0 Å². The smallest absolute Gasteiger partial charge is 0.491 e. The molecular weight excluding hydrogens is 627 g/mol. The van der Waals surface area contributed by atoms with Crippen LogP contribution in [0.1, 0.15) is 12.0 Å². The van der Waals surface area contributed by atoms with Crippen LogP contribution in [0.25, 0.3) is 0 Å². The van der Waals surface area contributed by atoms with E-state index in [0.717, 1.165) is 0 Å². The van der Waals surface area contributed by atoms with Crippen LogP contribution < -0.4 is 20.9 Å². The van der Waals surface area contributed by atoms with E-state index in [9.17, 15) is 40.0 Å². The van der Waals surface area contributed by atoms with Crippen molar-refractivity contribution in [1.29, 1.82) is 0 Å². The largest absolute Gasteiger partial charge is 0.493 e. The van der Waals surface area contributed by atoms with Crippen molar-refractivity contribution >= 4 is 43.9 Å². The molecule has 0 radical (unpaired) electrons. The van der Waals surface area contributed by atoms with Gasteiger partial charge in [-0.2, -0.15) is 17.9 Å². The van der Waals surface area contributed by atoms with Gasteiger partial charge in [0, 0.05) is 6.42 Å². The predicted molar refractivity (Wildman–Crippen MR) is 127 cm³/mol. The number of carbonyl (C=O) groups excluding carboxylic acids is 2. The lowest BCUT2D eigenvalue weighted by Gasteiger charge is -2.18. The summed E-state index contributed by atoms with van der Waals surface area (Å²) in [5.41, 5.74) is 10.4. The molecule has 0 saturated heterocycles. The van der Waals surface area contributed by atoms with Gasteiger partial charge in [-0.1, -0.05) is 12.1 Å². The second kappa shape index (κ2) is 13.5. The van der Waals surface area contributed by atoms with Gasteiger partial charge in [0.25, 0.3) is 0 Å². The van der Waals surface area contributed by atoms with Crippen LogP contribution in [0.5, 0.6) is 5.75 Å². The van der Waals surface area contributed by atoms with E-state index in [-0.39, 0.29) is 24.7 Å². The number of sulfonamides is 1. The highest BCUT2D eigenvalue weighted by Crippen LogP contribution is 2.24. The number of nitrogens with zero attached hydrogens (tertiary/aromatic N) is 1. The summed E-state index contributed by atoms with van der Waals surface area (Å²) in [5, 5.41) is 3.32. The number of guanidine groups is 1. The van der Waals surface area contributed by atoms with Gasteiger partial charge in [-0.25, -0.2) is 26.8 Å². The molecule has 0 unspecified atom stereocenters. The second-order valence-corrected chi connectivity index (χ2v) is 10.0. The normalized spacial score (nSPS) is 12.4. The third-order valence-corrected chi connectivity index (χ3v) is 6.55. The fourth-order valence-electron chi connectivity index (χ4n) is 2.75. The van der Waals surface area contributed by atoms with E-state index in [2.05, 4.69) is 25.8 Å². The molecule has 11 nitrogen and oxygen atoms in total. The number of hydrogen-bond acceptors (Lipinski definition) is 8. The Hall–Kier alpha value is -3.51. The summed E-state index contributed by atoms with van der Waals surface area (Å²) < 4.78 is 102. The Morgan fingerprint density at radius 3 is 2.28 bits per heavy atom. The molecule has 39 heavy (non-hydrogen) atoms. The van der Waals surface area contributed by atoms with Gasteiger partial charge in [0.2, 0.25) is 16.0 Å². The van der Waals surface area contributed by atoms with Crippen LogP contribution in [-0.4, -0.2) is 51.7 Å². The Labute approximate surface area is 226 Å². The van der Waals surface area contributed by atoms with Crippen LogP contribution in [0.4, 0.5) is 22.0 Å². The number of halogens is 6. The number of hydrogen-bond donors (Lipinski definition) is 3. The lowest BCUT2D eigenvalue weighted by molar-refractivity contribution is -0.202. The van der Waals surface area contributed by atoms with Crippen LogP contribution in [0.2, 0.25) is 0 Å². The van der Waals surface area contributed by atoms with E-state index in [4.69, 9.17) is 21.0 Å². The van der Waals surface area contributed by atoms with Crippen molar-refractivity contribution in [3.8, 4) is 5.75 Å². The molecule has 1 atom stereocenters. The first-order valence-electron chi connectivity index (χ1n) is 10.5. The molecule has 214 valence electrons. The highest BCUT2D eigenvalue weighted by molar-refractivity contribution is 9.10.